The maximum atomic E-state index is 11.4. The van der Waals surface area contributed by atoms with Gasteiger partial charge in [0, 0.05) is 44.2 Å². The van der Waals surface area contributed by atoms with E-state index in [1.165, 1.54) is 16.5 Å². The van der Waals surface area contributed by atoms with Crippen LogP contribution in [0.25, 0.3) is 10.9 Å². The van der Waals surface area contributed by atoms with E-state index in [1.54, 1.807) is 6.92 Å². The number of aromatic nitrogens is 1. The summed E-state index contributed by atoms with van der Waals surface area (Å²) >= 11 is 0. The molecule has 0 N–H and O–H groups in total. The SMILES string of the molecule is CCN(Cc1cn(C)c2ccccc12)C(C)=O. The molecular weight excluding hydrogens is 212 g/mol. The zero-order chi connectivity index (χ0) is 12.4. The molecule has 17 heavy (non-hydrogen) atoms. The van der Waals surface area contributed by atoms with E-state index in [0.717, 1.165) is 6.54 Å². The summed E-state index contributed by atoms with van der Waals surface area (Å²) in [6, 6.07) is 8.28. The largest absolute Gasteiger partial charge is 0.350 e. The topological polar surface area (TPSA) is 25.2 Å². The van der Waals surface area contributed by atoms with Gasteiger partial charge in [0.05, 0.1) is 0 Å². The van der Waals surface area contributed by atoms with Gasteiger partial charge in [0.25, 0.3) is 0 Å². The first-order valence-corrected chi connectivity index (χ1v) is 5.92. The van der Waals surface area contributed by atoms with E-state index in [-0.39, 0.29) is 5.91 Å². The monoisotopic (exact) mass is 230 g/mol. The lowest BCUT2D eigenvalue weighted by Crippen LogP contribution is -2.27. The number of hydrogen-bond donors (Lipinski definition) is 0. The van der Waals surface area contributed by atoms with E-state index in [0.29, 0.717) is 6.54 Å². The van der Waals surface area contributed by atoms with Crippen LogP contribution in [0.1, 0.15) is 19.4 Å². The minimum absolute atomic E-state index is 0.125. The number of nitrogens with zero attached hydrogens (tertiary/aromatic N) is 2. The van der Waals surface area contributed by atoms with Crippen molar-refractivity contribution in [2.45, 2.75) is 20.4 Å². The summed E-state index contributed by atoms with van der Waals surface area (Å²) in [6.07, 6.45) is 2.11. The molecule has 0 bridgehead atoms. The smallest absolute Gasteiger partial charge is 0.219 e. The molecule has 1 aromatic carbocycles. The number of fused-ring (bicyclic) bond motifs is 1. The number of amides is 1. The van der Waals surface area contributed by atoms with Crippen molar-refractivity contribution in [1.29, 1.82) is 0 Å². The number of rotatable bonds is 3. The van der Waals surface area contributed by atoms with Gasteiger partial charge in [-0.2, -0.15) is 0 Å². The van der Waals surface area contributed by atoms with Crippen molar-refractivity contribution in [3.05, 3.63) is 36.0 Å². The van der Waals surface area contributed by atoms with Crippen molar-refractivity contribution in [3.63, 3.8) is 0 Å². The van der Waals surface area contributed by atoms with Gasteiger partial charge in [-0.1, -0.05) is 18.2 Å². The van der Waals surface area contributed by atoms with E-state index in [4.69, 9.17) is 0 Å². The molecule has 0 radical (unpaired) electrons. The fourth-order valence-electron chi connectivity index (χ4n) is 2.20. The highest BCUT2D eigenvalue weighted by molar-refractivity contribution is 5.84. The van der Waals surface area contributed by atoms with Crippen molar-refractivity contribution in [2.75, 3.05) is 6.54 Å². The average molecular weight is 230 g/mol. The first-order chi connectivity index (χ1) is 8.13. The number of benzene rings is 1. The second-order valence-electron chi connectivity index (χ2n) is 4.32. The highest BCUT2D eigenvalue weighted by Gasteiger charge is 2.11. The highest BCUT2D eigenvalue weighted by Crippen LogP contribution is 2.21. The van der Waals surface area contributed by atoms with Crippen LogP contribution >= 0.6 is 0 Å². The molecule has 0 fully saturated rings. The van der Waals surface area contributed by atoms with Gasteiger partial charge in [0.15, 0.2) is 0 Å². The molecule has 0 aliphatic heterocycles. The Balaban J connectivity index is 2.39. The molecule has 0 unspecified atom stereocenters. The first kappa shape index (κ1) is 11.7. The third-order valence-electron chi connectivity index (χ3n) is 3.17. The number of aryl methyl sites for hydroxylation is 1. The minimum atomic E-state index is 0.125. The lowest BCUT2D eigenvalue weighted by atomic mass is 10.1. The summed E-state index contributed by atoms with van der Waals surface area (Å²) in [5.41, 5.74) is 2.42. The van der Waals surface area contributed by atoms with Gasteiger partial charge >= 0.3 is 0 Å². The zero-order valence-corrected chi connectivity index (χ0v) is 10.6. The van der Waals surface area contributed by atoms with Crippen molar-refractivity contribution in [1.82, 2.24) is 9.47 Å². The van der Waals surface area contributed by atoms with Crippen LogP contribution in [0.3, 0.4) is 0 Å². The van der Waals surface area contributed by atoms with Gasteiger partial charge < -0.3 is 9.47 Å². The van der Waals surface area contributed by atoms with Gasteiger partial charge in [-0.05, 0) is 18.6 Å². The Hall–Kier alpha value is -1.77. The predicted octanol–water partition coefficient (Wildman–Crippen LogP) is 2.55. The van der Waals surface area contributed by atoms with Crippen LogP contribution < -0.4 is 0 Å². The molecule has 1 aromatic heterocycles. The van der Waals surface area contributed by atoms with E-state index in [9.17, 15) is 4.79 Å². The molecule has 0 spiro atoms. The normalized spacial score (nSPS) is 10.8. The van der Waals surface area contributed by atoms with Crippen molar-refractivity contribution in [3.8, 4) is 0 Å². The number of para-hydroxylation sites is 1. The zero-order valence-electron chi connectivity index (χ0n) is 10.6. The van der Waals surface area contributed by atoms with E-state index in [1.807, 2.05) is 31.0 Å². The molecule has 2 aromatic rings. The Morgan fingerprint density at radius 1 is 1.35 bits per heavy atom. The number of hydrogen-bond acceptors (Lipinski definition) is 1. The molecular formula is C14H18N2O. The first-order valence-electron chi connectivity index (χ1n) is 5.92. The molecule has 1 heterocycles. The molecule has 3 heteroatoms. The molecule has 0 aliphatic carbocycles. The van der Waals surface area contributed by atoms with E-state index in [2.05, 4.69) is 22.9 Å². The van der Waals surface area contributed by atoms with E-state index < -0.39 is 0 Å². The van der Waals surface area contributed by atoms with Crippen LogP contribution in [0.4, 0.5) is 0 Å². The average Bonchev–Trinajstić information content (AvgIpc) is 2.63. The molecule has 2 rings (SSSR count). The van der Waals surface area contributed by atoms with Crippen molar-refractivity contribution < 1.29 is 4.79 Å². The van der Waals surface area contributed by atoms with Crippen LogP contribution in [0.5, 0.6) is 0 Å². The summed E-state index contributed by atoms with van der Waals surface area (Å²) in [7, 11) is 2.04. The third kappa shape index (κ3) is 2.18. The molecule has 3 nitrogen and oxygen atoms in total. The molecule has 0 atom stereocenters. The quantitative estimate of drug-likeness (QED) is 0.795. The Morgan fingerprint density at radius 3 is 2.71 bits per heavy atom. The van der Waals surface area contributed by atoms with Gasteiger partial charge in [0.2, 0.25) is 5.91 Å². The second-order valence-corrected chi connectivity index (χ2v) is 4.32. The van der Waals surface area contributed by atoms with Gasteiger partial charge in [0.1, 0.15) is 0 Å². The lowest BCUT2D eigenvalue weighted by molar-refractivity contribution is -0.129. The standard InChI is InChI=1S/C14H18N2O/c1-4-16(11(2)17)10-12-9-15(3)14-8-6-5-7-13(12)14/h5-9H,4,10H2,1-3H3. The maximum absolute atomic E-state index is 11.4. The lowest BCUT2D eigenvalue weighted by Gasteiger charge is -2.18. The molecule has 1 amide bonds. The molecule has 0 aliphatic rings. The molecule has 0 saturated heterocycles. The summed E-state index contributed by atoms with van der Waals surface area (Å²) in [4.78, 5) is 13.3. The van der Waals surface area contributed by atoms with Crippen LogP contribution in [-0.2, 0) is 18.4 Å². The van der Waals surface area contributed by atoms with Crippen molar-refractivity contribution in [2.24, 2.45) is 7.05 Å². The summed E-state index contributed by atoms with van der Waals surface area (Å²) in [6.45, 7) is 5.06. The van der Waals surface area contributed by atoms with E-state index >= 15 is 0 Å². The Morgan fingerprint density at radius 2 is 2.06 bits per heavy atom. The summed E-state index contributed by atoms with van der Waals surface area (Å²) < 4.78 is 2.11. The highest BCUT2D eigenvalue weighted by atomic mass is 16.2. The number of carbonyl (C=O) groups is 1. The number of carbonyl (C=O) groups excluding carboxylic acids is 1. The predicted molar refractivity (Wildman–Crippen MR) is 69.7 cm³/mol. The van der Waals surface area contributed by atoms with Crippen molar-refractivity contribution >= 4 is 16.8 Å². The van der Waals surface area contributed by atoms with Gasteiger partial charge in [-0.3, -0.25) is 4.79 Å². The minimum Gasteiger partial charge on any atom is -0.350 e. The third-order valence-corrected chi connectivity index (χ3v) is 3.17. The Bertz CT molecular complexity index is 542. The van der Waals surface area contributed by atoms with Crippen LogP contribution in [0.15, 0.2) is 30.5 Å². The molecule has 90 valence electrons. The summed E-state index contributed by atoms with van der Waals surface area (Å²) in [5, 5.41) is 1.23. The Labute approximate surface area is 102 Å². The maximum Gasteiger partial charge on any atom is 0.219 e. The second kappa shape index (κ2) is 4.62. The fourth-order valence-corrected chi connectivity index (χ4v) is 2.20. The molecule has 0 saturated carbocycles. The fraction of sp³-hybridized carbons (Fsp3) is 0.357. The Kier molecular flexibility index (Phi) is 3.18. The van der Waals surface area contributed by atoms with Gasteiger partial charge in [-0.25, -0.2) is 0 Å². The van der Waals surface area contributed by atoms with Gasteiger partial charge in [-0.15, -0.1) is 0 Å². The van der Waals surface area contributed by atoms with Crippen LogP contribution in [0.2, 0.25) is 0 Å². The van der Waals surface area contributed by atoms with Crippen LogP contribution in [0, 0.1) is 0 Å². The van der Waals surface area contributed by atoms with Crippen LogP contribution in [-0.4, -0.2) is 21.9 Å². The summed E-state index contributed by atoms with van der Waals surface area (Å²) in [5.74, 6) is 0.125.